The van der Waals surface area contributed by atoms with E-state index in [1.165, 1.54) is 17.1 Å². The number of sulfonamides is 1. The fraction of sp³-hybridized carbons (Fsp3) is 0.667. The van der Waals surface area contributed by atoms with Crippen molar-refractivity contribution < 1.29 is 17.9 Å². The van der Waals surface area contributed by atoms with Gasteiger partial charge in [-0.2, -0.15) is 4.31 Å². The van der Waals surface area contributed by atoms with Crippen molar-refractivity contribution >= 4 is 10.0 Å². The maximum atomic E-state index is 12.8. The minimum absolute atomic E-state index is 0.272. The maximum Gasteiger partial charge on any atom is 0.243 e. The SMILES string of the molecule is CCOc1ccc(S(=O)(=O)N2CC3(CC(N4CCCC4)CO3)C2)cc1. The monoisotopic (exact) mass is 366 g/mol. The van der Waals surface area contributed by atoms with E-state index in [-0.39, 0.29) is 5.60 Å². The van der Waals surface area contributed by atoms with E-state index in [9.17, 15) is 8.42 Å². The highest BCUT2D eigenvalue weighted by Gasteiger charge is 2.54. The number of ether oxygens (including phenoxy) is 2. The molecule has 6 nitrogen and oxygen atoms in total. The predicted molar refractivity (Wildman–Crippen MR) is 94.3 cm³/mol. The van der Waals surface area contributed by atoms with Crippen LogP contribution in [0, 0.1) is 0 Å². The molecule has 3 saturated heterocycles. The van der Waals surface area contributed by atoms with Crippen molar-refractivity contribution in [2.45, 2.75) is 42.7 Å². The summed E-state index contributed by atoms with van der Waals surface area (Å²) in [5.74, 6) is 0.689. The summed E-state index contributed by atoms with van der Waals surface area (Å²) in [5, 5.41) is 0. The number of likely N-dealkylation sites (tertiary alicyclic amines) is 1. The molecule has 7 heteroatoms. The van der Waals surface area contributed by atoms with Gasteiger partial charge in [0.05, 0.1) is 23.7 Å². The van der Waals surface area contributed by atoms with E-state index in [1.54, 1.807) is 24.3 Å². The maximum absolute atomic E-state index is 12.8. The molecule has 1 spiro atoms. The molecular formula is C18H26N2O4S. The molecule has 0 bridgehead atoms. The Morgan fingerprint density at radius 2 is 1.88 bits per heavy atom. The second-order valence-electron chi connectivity index (χ2n) is 7.27. The zero-order valence-electron chi connectivity index (χ0n) is 14.7. The zero-order valence-corrected chi connectivity index (χ0v) is 15.5. The van der Waals surface area contributed by atoms with Crippen LogP contribution in [0.1, 0.15) is 26.2 Å². The molecule has 138 valence electrons. The number of nitrogens with zero attached hydrogens (tertiary/aromatic N) is 2. The highest BCUT2D eigenvalue weighted by molar-refractivity contribution is 7.89. The van der Waals surface area contributed by atoms with Crippen LogP contribution in [0.2, 0.25) is 0 Å². The summed E-state index contributed by atoms with van der Waals surface area (Å²) in [6, 6.07) is 7.11. The first kappa shape index (κ1) is 17.3. The molecule has 0 aliphatic carbocycles. The minimum atomic E-state index is -3.45. The quantitative estimate of drug-likeness (QED) is 0.794. The molecule has 1 unspecified atom stereocenters. The van der Waals surface area contributed by atoms with Crippen LogP contribution in [0.25, 0.3) is 0 Å². The van der Waals surface area contributed by atoms with Crippen LogP contribution < -0.4 is 4.74 Å². The van der Waals surface area contributed by atoms with E-state index in [0.717, 1.165) is 26.1 Å². The Bertz CT molecular complexity index is 707. The average molecular weight is 366 g/mol. The van der Waals surface area contributed by atoms with Crippen molar-refractivity contribution in [2.75, 3.05) is 39.4 Å². The molecule has 3 heterocycles. The summed E-state index contributed by atoms with van der Waals surface area (Å²) in [7, 11) is -3.45. The molecule has 0 radical (unpaired) electrons. The molecule has 0 saturated carbocycles. The second-order valence-corrected chi connectivity index (χ2v) is 9.21. The Morgan fingerprint density at radius 1 is 1.20 bits per heavy atom. The predicted octanol–water partition coefficient (Wildman–Crippen LogP) is 1.71. The first-order valence-corrected chi connectivity index (χ1v) is 10.6. The summed E-state index contributed by atoms with van der Waals surface area (Å²) in [5.41, 5.74) is -0.272. The normalized spacial score (nSPS) is 26.8. The van der Waals surface area contributed by atoms with Crippen molar-refractivity contribution in [2.24, 2.45) is 0 Å². The van der Waals surface area contributed by atoms with Gasteiger partial charge in [-0.3, -0.25) is 4.90 Å². The highest BCUT2D eigenvalue weighted by atomic mass is 32.2. The van der Waals surface area contributed by atoms with Crippen LogP contribution >= 0.6 is 0 Å². The third kappa shape index (κ3) is 3.18. The van der Waals surface area contributed by atoms with Gasteiger partial charge in [-0.15, -0.1) is 0 Å². The van der Waals surface area contributed by atoms with Gasteiger partial charge in [0.2, 0.25) is 10.0 Å². The van der Waals surface area contributed by atoms with E-state index in [0.29, 0.717) is 36.4 Å². The molecule has 3 aliphatic heterocycles. The number of rotatable bonds is 5. The van der Waals surface area contributed by atoms with Gasteiger partial charge in [0, 0.05) is 19.1 Å². The average Bonchev–Trinajstić information content (AvgIpc) is 3.24. The smallest absolute Gasteiger partial charge is 0.243 e. The largest absolute Gasteiger partial charge is 0.494 e. The Labute approximate surface area is 149 Å². The van der Waals surface area contributed by atoms with Gasteiger partial charge in [0.15, 0.2) is 0 Å². The number of hydrogen-bond acceptors (Lipinski definition) is 5. The topological polar surface area (TPSA) is 59.1 Å². The van der Waals surface area contributed by atoms with E-state index in [1.807, 2.05) is 6.92 Å². The van der Waals surface area contributed by atoms with Crippen LogP contribution in [-0.4, -0.2) is 68.7 Å². The third-order valence-electron chi connectivity index (χ3n) is 5.55. The van der Waals surface area contributed by atoms with Crippen molar-refractivity contribution in [3.05, 3.63) is 24.3 Å². The fourth-order valence-electron chi connectivity index (χ4n) is 4.17. The fourth-order valence-corrected chi connectivity index (χ4v) is 5.76. The lowest BCUT2D eigenvalue weighted by atomic mass is 9.91. The van der Waals surface area contributed by atoms with Crippen LogP contribution in [0.15, 0.2) is 29.2 Å². The molecule has 0 N–H and O–H groups in total. The second kappa shape index (κ2) is 6.54. The van der Waals surface area contributed by atoms with Crippen LogP contribution in [-0.2, 0) is 14.8 Å². The molecule has 3 aliphatic rings. The van der Waals surface area contributed by atoms with E-state index < -0.39 is 10.0 Å². The molecule has 1 aromatic carbocycles. The lowest BCUT2D eigenvalue weighted by Gasteiger charge is -2.46. The first-order valence-electron chi connectivity index (χ1n) is 9.13. The van der Waals surface area contributed by atoms with Gasteiger partial charge in [0.25, 0.3) is 0 Å². The van der Waals surface area contributed by atoms with Gasteiger partial charge in [-0.05, 0) is 63.5 Å². The van der Waals surface area contributed by atoms with Crippen LogP contribution in [0.4, 0.5) is 0 Å². The lowest BCUT2D eigenvalue weighted by molar-refractivity contribution is -0.0774. The third-order valence-corrected chi connectivity index (χ3v) is 7.35. The van der Waals surface area contributed by atoms with Gasteiger partial charge in [0.1, 0.15) is 5.75 Å². The molecule has 1 aromatic rings. The van der Waals surface area contributed by atoms with Gasteiger partial charge in [-0.1, -0.05) is 0 Å². The Balaban J connectivity index is 1.39. The van der Waals surface area contributed by atoms with Crippen molar-refractivity contribution in [3.63, 3.8) is 0 Å². The van der Waals surface area contributed by atoms with E-state index in [2.05, 4.69) is 4.90 Å². The summed E-state index contributed by atoms with van der Waals surface area (Å²) in [4.78, 5) is 2.82. The lowest BCUT2D eigenvalue weighted by Crippen LogP contribution is -2.63. The van der Waals surface area contributed by atoms with Crippen molar-refractivity contribution in [1.82, 2.24) is 9.21 Å². The zero-order chi connectivity index (χ0) is 17.5. The van der Waals surface area contributed by atoms with Gasteiger partial charge in [-0.25, -0.2) is 8.42 Å². The Kier molecular flexibility index (Phi) is 4.52. The van der Waals surface area contributed by atoms with Crippen LogP contribution in [0.5, 0.6) is 5.75 Å². The molecule has 25 heavy (non-hydrogen) atoms. The van der Waals surface area contributed by atoms with Crippen LogP contribution in [0.3, 0.4) is 0 Å². The molecule has 0 aromatic heterocycles. The standard InChI is InChI=1S/C18H26N2O4S/c1-2-23-16-5-7-17(8-6-16)25(21,22)20-13-18(14-20)11-15(12-24-18)19-9-3-4-10-19/h5-8,15H,2-4,9-14H2,1H3. The van der Waals surface area contributed by atoms with E-state index in [4.69, 9.17) is 9.47 Å². The summed E-state index contributed by atoms with van der Waals surface area (Å²) < 4.78 is 38.5. The van der Waals surface area contributed by atoms with E-state index >= 15 is 0 Å². The Hall–Kier alpha value is -1.15. The molecular weight excluding hydrogens is 340 g/mol. The highest BCUT2D eigenvalue weighted by Crippen LogP contribution is 2.40. The molecule has 4 rings (SSSR count). The van der Waals surface area contributed by atoms with Crippen molar-refractivity contribution in [3.8, 4) is 5.75 Å². The van der Waals surface area contributed by atoms with Gasteiger partial charge < -0.3 is 9.47 Å². The summed E-state index contributed by atoms with van der Waals surface area (Å²) in [6.07, 6.45) is 3.48. The first-order chi connectivity index (χ1) is 12.0. The van der Waals surface area contributed by atoms with Crippen molar-refractivity contribution in [1.29, 1.82) is 0 Å². The molecule has 1 atom stereocenters. The minimum Gasteiger partial charge on any atom is -0.494 e. The molecule has 3 fully saturated rings. The molecule has 0 amide bonds. The number of benzene rings is 1. The number of hydrogen-bond donors (Lipinski definition) is 0. The Morgan fingerprint density at radius 3 is 2.52 bits per heavy atom. The van der Waals surface area contributed by atoms with Gasteiger partial charge >= 0.3 is 0 Å². The summed E-state index contributed by atoms with van der Waals surface area (Å²) in [6.45, 7) is 6.44. The summed E-state index contributed by atoms with van der Waals surface area (Å²) >= 11 is 0.